The van der Waals surface area contributed by atoms with Crippen LogP contribution in [0.25, 0.3) is 0 Å². The van der Waals surface area contributed by atoms with Gasteiger partial charge in [-0.1, -0.05) is 18.2 Å². The molecule has 1 aromatic heterocycles. The van der Waals surface area contributed by atoms with E-state index in [0.29, 0.717) is 11.7 Å². The van der Waals surface area contributed by atoms with E-state index in [-0.39, 0.29) is 24.1 Å². The zero-order valence-electron chi connectivity index (χ0n) is 12.8. The van der Waals surface area contributed by atoms with Crippen molar-refractivity contribution >= 4 is 28.3 Å². The molecular formula is C16H16N2O4S. The Kier molecular flexibility index (Phi) is 4.29. The molecule has 2 aromatic rings. The maximum absolute atomic E-state index is 12.7. The number of aromatic nitrogens is 1. The maximum atomic E-state index is 12.7. The van der Waals surface area contributed by atoms with Gasteiger partial charge in [0.15, 0.2) is 10.8 Å². The van der Waals surface area contributed by atoms with Crippen molar-refractivity contribution in [1.82, 2.24) is 4.98 Å². The van der Waals surface area contributed by atoms with Gasteiger partial charge in [-0.05, 0) is 13.0 Å². The molecule has 1 amide bonds. The fourth-order valence-corrected chi connectivity index (χ4v) is 3.18. The lowest BCUT2D eigenvalue weighted by atomic mass is 10.0. The predicted molar refractivity (Wildman–Crippen MR) is 86.2 cm³/mol. The molecule has 1 aliphatic rings. The zero-order chi connectivity index (χ0) is 16.4. The Bertz CT molecular complexity index is 743. The Labute approximate surface area is 137 Å². The Balaban J connectivity index is 1.77. The number of carbonyl (C=O) groups excluding carboxylic acids is 2. The molecular weight excluding hydrogens is 316 g/mol. The van der Waals surface area contributed by atoms with Crippen molar-refractivity contribution in [2.24, 2.45) is 0 Å². The lowest BCUT2D eigenvalue weighted by molar-refractivity contribution is -0.119. The van der Waals surface area contributed by atoms with E-state index < -0.39 is 5.97 Å². The van der Waals surface area contributed by atoms with E-state index in [2.05, 4.69) is 4.98 Å². The van der Waals surface area contributed by atoms with Crippen LogP contribution in [0.1, 0.15) is 28.9 Å². The van der Waals surface area contributed by atoms with Gasteiger partial charge in [0.05, 0.1) is 6.61 Å². The van der Waals surface area contributed by atoms with Crippen molar-refractivity contribution in [1.29, 1.82) is 0 Å². The summed E-state index contributed by atoms with van der Waals surface area (Å²) in [6, 6.07) is 7.51. The van der Waals surface area contributed by atoms with Crippen LogP contribution < -0.4 is 9.64 Å². The summed E-state index contributed by atoms with van der Waals surface area (Å²) in [7, 11) is 1.65. The van der Waals surface area contributed by atoms with Gasteiger partial charge in [-0.3, -0.25) is 9.69 Å². The smallest absolute Gasteiger partial charge is 0.357 e. The number of carbonyl (C=O) groups is 2. The summed E-state index contributed by atoms with van der Waals surface area (Å²) in [5.74, 6) is -0.207. The zero-order valence-corrected chi connectivity index (χ0v) is 13.6. The van der Waals surface area contributed by atoms with Gasteiger partial charge in [-0.15, -0.1) is 11.3 Å². The van der Waals surface area contributed by atoms with Gasteiger partial charge in [0, 0.05) is 18.0 Å². The number of esters is 1. The molecule has 0 fully saturated rings. The van der Waals surface area contributed by atoms with Crippen LogP contribution in [0.2, 0.25) is 0 Å². The largest absolute Gasteiger partial charge is 0.492 e. The molecule has 120 valence electrons. The first-order chi connectivity index (χ1) is 11.1. The number of hydrogen-bond donors (Lipinski definition) is 0. The third-order valence-corrected chi connectivity index (χ3v) is 4.51. The third-order valence-electron chi connectivity index (χ3n) is 3.59. The second-order valence-electron chi connectivity index (χ2n) is 5.03. The van der Waals surface area contributed by atoms with Crippen molar-refractivity contribution in [2.75, 3.05) is 25.2 Å². The molecule has 6 nitrogen and oxygen atoms in total. The Hall–Kier alpha value is -2.41. The molecule has 0 N–H and O–H groups in total. The summed E-state index contributed by atoms with van der Waals surface area (Å²) in [6.45, 7) is 2.34. The van der Waals surface area contributed by atoms with Crippen molar-refractivity contribution in [3.05, 3.63) is 40.9 Å². The average Bonchev–Trinajstić information content (AvgIpc) is 3.21. The first kappa shape index (κ1) is 15.5. The van der Waals surface area contributed by atoms with Crippen LogP contribution in [0.5, 0.6) is 5.75 Å². The SMILES string of the molecule is CCOC(=O)c1csc(N(C)C(=O)C2COc3ccccc32)n1. The summed E-state index contributed by atoms with van der Waals surface area (Å²) < 4.78 is 10.5. The number of ether oxygens (including phenoxy) is 2. The highest BCUT2D eigenvalue weighted by Crippen LogP contribution is 2.35. The summed E-state index contributed by atoms with van der Waals surface area (Å²) in [4.78, 5) is 30.0. The highest BCUT2D eigenvalue weighted by atomic mass is 32.1. The Morgan fingerprint density at radius 3 is 3.00 bits per heavy atom. The van der Waals surface area contributed by atoms with E-state index in [4.69, 9.17) is 9.47 Å². The number of benzene rings is 1. The predicted octanol–water partition coefficient (Wildman–Crippen LogP) is 2.46. The highest BCUT2D eigenvalue weighted by Gasteiger charge is 2.33. The van der Waals surface area contributed by atoms with E-state index in [9.17, 15) is 9.59 Å². The number of likely N-dealkylation sites (N-methyl/N-ethyl adjacent to an activating group) is 1. The molecule has 1 unspecified atom stereocenters. The Morgan fingerprint density at radius 1 is 1.43 bits per heavy atom. The summed E-state index contributed by atoms with van der Waals surface area (Å²) >= 11 is 1.23. The molecule has 3 rings (SSSR count). The first-order valence-electron chi connectivity index (χ1n) is 7.23. The molecule has 1 aliphatic heterocycles. The number of amides is 1. The molecule has 0 bridgehead atoms. The topological polar surface area (TPSA) is 68.7 Å². The second-order valence-corrected chi connectivity index (χ2v) is 5.87. The number of para-hydroxylation sites is 1. The van der Waals surface area contributed by atoms with Crippen LogP contribution in [0.15, 0.2) is 29.6 Å². The summed E-state index contributed by atoms with van der Waals surface area (Å²) in [6.07, 6.45) is 0. The maximum Gasteiger partial charge on any atom is 0.357 e. The second kappa shape index (κ2) is 6.37. The summed E-state index contributed by atoms with van der Waals surface area (Å²) in [5, 5.41) is 2.05. The van der Waals surface area contributed by atoms with E-state index in [1.807, 2.05) is 24.3 Å². The fraction of sp³-hybridized carbons (Fsp3) is 0.312. The van der Waals surface area contributed by atoms with Gasteiger partial charge in [-0.25, -0.2) is 9.78 Å². The van der Waals surface area contributed by atoms with Crippen LogP contribution in [0.3, 0.4) is 0 Å². The van der Waals surface area contributed by atoms with Gasteiger partial charge < -0.3 is 9.47 Å². The number of fused-ring (bicyclic) bond motifs is 1. The molecule has 1 aromatic carbocycles. The summed E-state index contributed by atoms with van der Waals surface area (Å²) in [5.41, 5.74) is 1.10. The first-order valence-corrected chi connectivity index (χ1v) is 8.11. The number of anilines is 1. The van der Waals surface area contributed by atoms with Gasteiger partial charge in [-0.2, -0.15) is 0 Å². The number of hydrogen-bond acceptors (Lipinski definition) is 6. The number of rotatable bonds is 4. The van der Waals surface area contributed by atoms with Gasteiger partial charge in [0.2, 0.25) is 5.91 Å². The lowest BCUT2D eigenvalue weighted by Gasteiger charge is -2.17. The van der Waals surface area contributed by atoms with Crippen LogP contribution in [-0.4, -0.2) is 37.1 Å². The van der Waals surface area contributed by atoms with Crippen LogP contribution in [-0.2, 0) is 9.53 Å². The molecule has 23 heavy (non-hydrogen) atoms. The van der Waals surface area contributed by atoms with Crippen LogP contribution in [0.4, 0.5) is 5.13 Å². The van der Waals surface area contributed by atoms with Gasteiger partial charge >= 0.3 is 5.97 Å². The molecule has 0 radical (unpaired) electrons. The van der Waals surface area contributed by atoms with E-state index >= 15 is 0 Å². The van der Waals surface area contributed by atoms with Crippen LogP contribution in [0, 0.1) is 0 Å². The monoisotopic (exact) mass is 332 g/mol. The van der Waals surface area contributed by atoms with Crippen LogP contribution >= 0.6 is 11.3 Å². The van der Waals surface area contributed by atoms with Crippen molar-refractivity contribution in [2.45, 2.75) is 12.8 Å². The molecule has 7 heteroatoms. The minimum absolute atomic E-state index is 0.111. The van der Waals surface area contributed by atoms with E-state index in [1.165, 1.54) is 16.2 Å². The van der Waals surface area contributed by atoms with E-state index in [1.54, 1.807) is 19.4 Å². The Morgan fingerprint density at radius 2 is 2.22 bits per heavy atom. The quantitative estimate of drug-likeness (QED) is 0.805. The molecule has 1 atom stereocenters. The molecule has 0 spiro atoms. The number of nitrogens with zero attached hydrogens (tertiary/aromatic N) is 2. The van der Waals surface area contributed by atoms with Crippen molar-refractivity contribution in [3.63, 3.8) is 0 Å². The van der Waals surface area contributed by atoms with Gasteiger partial charge in [0.1, 0.15) is 18.3 Å². The number of thiazole rings is 1. The van der Waals surface area contributed by atoms with Crippen molar-refractivity contribution < 1.29 is 19.1 Å². The standard InChI is InChI=1S/C16H16N2O4S/c1-3-21-15(20)12-9-23-16(17-12)18(2)14(19)11-8-22-13-7-5-4-6-10(11)13/h4-7,9,11H,3,8H2,1-2H3. The minimum atomic E-state index is -0.481. The van der Waals surface area contributed by atoms with Gasteiger partial charge in [0.25, 0.3) is 0 Å². The minimum Gasteiger partial charge on any atom is -0.492 e. The highest BCUT2D eigenvalue weighted by molar-refractivity contribution is 7.14. The van der Waals surface area contributed by atoms with Crippen molar-refractivity contribution in [3.8, 4) is 5.75 Å². The third kappa shape index (κ3) is 2.92. The molecule has 0 saturated heterocycles. The molecule has 0 aliphatic carbocycles. The molecule has 2 heterocycles. The fourth-order valence-electron chi connectivity index (χ4n) is 2.41. The van der Waals surface area contributed by atoms with E-state index in [0.717, 1.165) is 11.3 Å². The molecule has 0 saturated carbocycles. The average molecular weight is 332 g/mol. The lowest BCUT2D eigenvalue weighted by Crippen LogP contribution is -2.32. The normalized spacial score (nSPS) is 15.7.